The summed E-state index contributed by atoms with van der Waals surface area (Å²) in [5, 5.41) is 32.1. The average molecular weight is 451 g/mol. The van der Waals surface area contributed by atoms with Crippen molar-refractivity contribution in [1.29, 1.82) is 0 Å². The van der Waals surface area contributed by atoms with E-state index in [9.17, 15) is 15.3 Å². The fourth-order valence-corrected chi connectivity index (χ4v) is 4.04. The van der Waals surface area contributed by atoms with Gasteiger partial charge in [0, 0.05) is 0 Å². The van der Waals surface area contributed by atoms with E-state index in [4.69, 9.17) is 14.2 Å². The van der Waals surface area contributed by atoms with Crippen LogP contribution in [0, 0.1) is 0 Å². The van der Waals surface area contributed by atoms with E-state index < -0.39 is 36.6 Å². The van der Waals surface area contributed by atoms with Crippen molar-refractivity contribution in [3.63, 3.8) is 0 Å². The smallest absolute Gasteiger partial charge is 0.116 e. The fraction of sp³-hybridized carbons (Fsp3) is 0.333. The average Bonchev–Trinajstić information content (AvgIpc) is 2.87. The number of hydrogen-bond donors (Lipinski definition) is 3. The van der Waals surface area contributed by atoms with Crippen LogP contribution in [0.5, 0.6) is 0 Å². The van der Waals surface area contributed by atoms with E-state index in [2.05, 4.69) is 0 Å². The minimum atomic E-state index is -1.43. The Bertz CT molecular complexity index is 895. The standard InChI is InChI=1S/C27H30O6/c28-22-23(29)25(31-16-19-10-4-1-5-11-19)27(33-18-21-14-8-3-9-15-21)26(24(22)30)32-17-20-12-6-2-7-13-20/h1-15,22-30H,16-18H2/t22?,23-,24+,25-,26+,27?. The van der Waals surface area contributed by atoms with Crippen LogP contribution in [-0.4, -0.2) is 51.9 Å². The second-order valence-corrected chi connectivity index (χ2v) is 8.26. The molecule has 6 heteroatoms. The SMILES string of the molecule is OC1[C@@H](O)[C@@H](OCc2ccccc2)C(OCc2ccccc2)[C@@H](OCc2ccccc2)[C@H]1O. The van der Waals surface area contributed by atoms with E-state index in [1.54, 1.807) is 0 Å². The van der Waals surface area contributed by atoms with E-state index in [-0.39, 0.29) is 19.8 Å². The molecule has 0 bridgehead atoms. The predicted molar refractivity (Wildman–Crippen MR) is 123 cm³/mol. The minimum absolute atomic E-state index is 0.224. The topological polar surface area (TPSA) is 88.4 Å². The molecule has 174 valence electrons. The van der Waals surface area contributed by atoms with E-state index >= 15 is 0 Å². The number of rotatable bonds is 9. The third kappa shape index (κ3) is 6.06. The van der Waals surface area contributed by atoms with Crippen molar-refractivity contribution in [1.82, 2.24) is 0 Å². The Labute approximate surface area is 194 Å². The van der Waals surface area contributed by atoms with Gasteiger partial charge in [0.2, 0.25) is 0 Å². The molecular weight excluding hydrogens is 420 g/mol. The Morgan fingerprint density at radius 2 is 0.727 bits per heavy atom. The summed E-state index contributed by atoms with van der Waals surface area (Å²) in [5.41, 5.74) is 2.79. The third-order valence-corrected chi connectivity index (χ3v) is 5.88. The second kappa shape index (κ2) is 11.5. The first-order valence-electron chi connectivity index (χ1n) is 11.1. The first kappa shape index (κ1) is 23.6. The molecule has 0 aromatic heterocycles. The molecule has 6 nitrogen and oxygen atoms in total. The lowest BCUT2D eigenvalue weighted by Crippen LogP contribution is -2.65. The van der Waals surface area contributed by atoms with Gasteiger partial charge in [0.25, 0.3) is 0 Å². The molecule has 4 rings (SSSR count). The largest absolute Gasteiger partial charge is 0.387 e. The van der Waals surface area contributed by atoms with E-state index in [1.807, 2.05) is 91.0 Å². The Balaban J connectivity index is 1.54. The van der Waals surface area contributed by atoms with Crippen molar-refractivity contribution in [2.24, 2.45) is 0 Å². The highest BCUT2D eigenvalue weighted by Crippen LogP contribution is 2.30. The minimum Gasteiger partial charge on any atom is -0.387 e. The lowest BCUT2D eigenvalue weighted by atomic mass is 9.84. The molecule has 0 radical (unpaired) electrons. The Morgan fingerprint density at radius 3 is 1.06 bits per heavy atom. The molecule has 3 N–H and O–H groups in total. The van der Waals surface area contributed by atoms with Crippen molar-refractivity contribution in [2.45, 2.75) is 56.4 Å². The van der Waals surface area contributed by atoms with Gasteiger partial charge in [-0.1, -0.05) is 91.0 Å². The van der Waals surface area contributed by atoms with E-state index in [1.165, 1.54) is 0 Å². The van der Waals surface area contributed by atoms with Gasteiger partial charge in [0.1, 0.15) is 36.6 Å². The Morgan fingerprint density at radius 1 is 0.424 bits per heavy atom. The van der Waals surface area contributed by atoms with Gasteiger partial charge in [0.05, 0.1) is 19.8 Å². The Kier molecular flexibility index (Phi) is 8.23. The number of ether oxygens (including phenoxy) is 3. The first-order chi connectivity index (χ1) is 16.1. The van der Waals surface area contributed by atoms with Gasteiger partial charge in [0.15, 0.2) is 0 Å². The molecule has 1 saturated carbocycles. The molecule has 0 amide bonds. The van der Waals surface area contributed by atoms with Crippen LogP contribution in [0.1, 0.15) is 16.7 Å². The van der Waals surface area contributed by atoms with Crippen molar-refractivity contribution in [2.75, 3.05) is 0 Å². The summed E-state index contributed by atoms with van der Waals surface area (Å²) in [6, 6.07) is 28.8. The van der Waals surface area contributed by atoms with Crippen LogP contribution in [0.25, 0.3) is 0 Å². The summed E-state index contributed by atoms with van der Waals surface area (Å²) in [6.07, 6.45) is -6.68. The van der Waals surface area contributed by atoms with Crippen LogP contribution < -0.4 is 0 Å². The molecule has 33 heavy (non-hydrogen) atoms. The maximum atomic E-state index is 10.8. The zero-order valence-electron chi connectivity index (χ0n) is 18.3. The van der Waals surface area contributed by atoms with E-state index in [0.717, 1.165) is 16.7 Å². The molecule has 3 aromatic rings. The van der Waals surface area contributed by atoms with Crippen LogP contribution in [-0.2, 0) is 34.0 Å². The van der Waals surface area contributed by atoms with Crippen molar-refractivity contribution in [3.05, 3.63) is 108 Å². The summed E-state index contributed by atoms with van der Waals surface area (Å²) in [5.74, 6) is 0. The molecule has 0 spiro atoms. The maximum Gasteiger partial charge on any atom is 0.116 e. The maximum absolute atomic E-state index is 10.8. The van der Waals surface area contributed by atoms with Gasteiger partial charge < -0.3 is 29.5 Å². The lowest BCUT2D eigenvalue weighted by molar-refractivity contribution is -0.263. The molecule has 1 aliphatic carbocycles. The van der Waals surface area contributed by atoms with E-state index in [0.29, 0.717) is 0 Å². The highest BCUT2D eigenvalue weighted by molar-refractivity contribution is 5.16. The number of aliphatic hydroxyl groups excluding tert-OH is 3. The third-order valence-electron chi connectivity index (χ3n) is 5.88. The summed E-state index contributed by atoms with van der Waals surface area (Å²) >= 11 is 0. The predicted octanol–water partition coefficient (Wildman–Crippen LogP) is 2.84. The molecule has 1 aliphatic rings. The number of benzene rings is 3. The van der Waals surface area contributed by atoms with Gasteiger partial charge >= 0.3 is 0 Å². The highest BCUT2D eigenvalue weighted by atomic mass is 16.6. The normalized spacial score (nSPS) is 27.4. The molecule has 3 aromatic carbocycles. The molecule has 6 atom stereocenters. The zero-order chi connectivity index (χ0) is 23.0. The summed E-state index contributed by atoms with van der Waals surface area (Å²) in [7, 11) is 0. The van der Waals surface area contributed by atoms with Gasteiger partial charge in [-0.25, -0.2) is 0 Å². The van der Waals surface area contributed by atoms with Crippen LogP contribution in [0.2, 0.25) is 0 Å². The highest BCUT2D eigenvalue weighted by Gasteiger charge is 2.51. The van der Waals surface area contributed by atoms with Crippen LogP contribution in [0.4, 0.5) is 0 Å². The summed E-state index contributed by atoms with van der Waals surface area (Å²) in [6.45, 7) is 0.696. The molecule has 0 heterocycles. The zero-order valence-corrected chi connectivity index (χ0v) is 18.3. The van der Waals surface area contributed by atoms with Crippen molar-refractivity contribution in [3.8, 4) is 0 Å². The summed E-state index contributed by atoms with van der Waals surface area (Å²) in [4.78, 5) is 0. The molecular formula is C27H30O6. The fourth-order valence-electron chi connectivity index (χ4n) is 4.04. The Hall–Kier alpha value is -2.58. The lowest BCUT2D eigenvalue weighted by Gasteiger charge is -2.45. The number of hydrogen-bond acceptors (Lipinski definition) is 6. The first-order valence-corrected chi connectivity index (χ1v) is 11.1. The van der Waals surface area contributed by atoms with Crippen molar-refractivity contribution < 1.29 is 29.5 Å². The van der Waals surface area contributed by atoms with Gasteiger partial charge in [-0.2, -0.15) is 0 Å². The van der Waals surface area contributed by atoms with Crippen LogP contribution in [0.3, 0.4) is 0 Å². The number of aliphatic hydroxyl groups is 3. The van der Waals surface area contributed by atoms with Crippen LogP contribution >= 0.6 is 0 Å². The van der Waals surface area contributed by atoms with Crippen LogP contribution in [0.15, 0.2) is 91.0 Å². The molecule has 0 aliphatic heterocycles. The van der Waals surface area contributed by atoms with Gasteiger partial charge in [-0.3, -0.25) is 0 Å². The monoisotopic (exact) mass is 450 g/mol. The molecule has 0 saturated heterocycles. The van der Waals surface area contributed by atoms with Gasteiger partial charge in [-0.15, -0.1) is 0 Å². The van der Waals surface area contributed by atoms with Gasteiger partial charge in [-0.05, 0) is 16.7 Å². The van der Waals surface area contributed by atoms with Crippen molar-refractivity contribution >= 4 is 0 Å². The molecule has 1 fully saturated rings. The quantitative estimate of drug-likeness (QED) is 0.465. The molecule has 2 unspecified atom stereocenters. The summed E-state index contributed by atoms with van der Waals surface area (Å²) < 4.78 is 18.3. The second-order valence-electron chi connectivity index (χ2n) is 8.26.